The number of hydrogen-bond donors (Lipinski definition) is 7. The molecule has 2 aromatic heterocycles. The first-order valence-corrected chi connectivity index (χ1v) is 7.99. The average molecular weight is 383 g/mol. The number of imidazole rings is 1. The number of fused-ring (bicyclic) bond motifs is 1. The third kappa shape index (κ3) is 2.60. The zero-order chi connectivity index (χ0) is 20.1. The van der Waals surface area contributed by atoms with Crippen molar-refractivity contribution >= 4 is 22.8 Å². The SMILES string of the molecule is C[C@@H](O)[C@H](N)C(=O)[C@@]1(n2cnc3c(N)ncnc32)O[C@H](CO)[C@@](N)(O)[C@H]1O. The molecule has 0 radical (unpaired) electrons. The van der Waals surface area contributed by atoms with Crippen molar-refractivity contribution in [3.63, 3.8) is 0 Å². The molecule has 10 N–H and O–H groups in total. The quantitative estimate of drug-likeness (QED) is 0.243. The second kappa shape index (κ2) is 6.42. The molecule has 1 saturated heterocycles. The predicted molar refractivity (Wildman–Crippen MR) is 89.5 cm³/mol. The van der Waals surface area contributed by atoms with E-state index in [2.05, 4.69) is 15.0 Å². The molecule has 0 aromatic carbocycles. The number of anilines is 1. The number of carbonyl (C=O) groups excluding carboxylic acids is 1. The lowest BCUT2D eigenvalue weighted by Gasteiger charge is -2.35. The van der Waals surface area contributed by atoms with Crippen molar-refractivity contribution in [1.82, 2.24) is 19.5 Å². The lowest BCUT2D eigenvalue weighted by atomic mass is 9.89. The molecule has 0 amide bonds. The number of aliphatic hydroxyl groups excluding tert-OH is 3. The Labute approximate surface area is 152 Å². The van der Waals surface area contributed by atoms with Crippen LogP contribution in [0.1, 0.15) is 6.92 Å². The molecule has 3 rings (SSSR count). The number of ketones is 1. The third-order valence-corrected chi connectivity index (χ3v) is 4.71. The molecule has 1 fully saturated rings. The van der Waals surface area contributed by atoms with Gasteiger partial charge in [0.25, 0.3) is 0 Å². The number of aliphatic hydroxyl groups is 4. The van der Waals surface area contributed by atoms with E-state index in [1.165, 1.54) is 6.92 Å². The van der Waals surface area contributed by atoms with Gasteiger partial charge in [-0.2, -0.15) is 0 Å². The van der Waals surface area contributed by atoms with E-state index in [1.54, 1.807) is 0 Å². The van der Waals surface area contributed by atoms with Crippen LogP contribution in [0.4, 0.5) is 5.82 Å². The number of rotatable bonds is 5. The summed E-state index contributed by atoms with van der Waals surface area (Å²) in [6.07, 6.45) is -2.77. The van der Waals surface area contributed by atoms with Gasteiger partial charge in [0.05, 0.1) is 18.8 Å². The van der Waals surface area contributed by atoms with Crippen LogP contribution >= 0.6 is 0 Å². The summed E-state index contributed by atoms with van der Waals surface area (Å²) in [6, 6.07) is -1.52. The monoisotopic (exact) mass is 383 g/mol. The van der Waals surface area contributed by atoms with Crippen LogP contribution in [0.3, 0.4) is 0 Å². The molecule has 0 bridgehead atoms. The Balaban J connectivity index is 2.29. The van der Waals surface area contributed by atoms with Crippen molar-refractivity contribution < 1.29 is 30.0 Å². The first-order chi connectivity index (χ1) is 12.6. The summed E-state index contributed by atoms with van der Waals surface area (Å²) in [5, 5.41) is 40.5. The van der Waals surface area contributed by atoms with Crippen LogP contribution in [0.5, 0.6) is 0 Å². The number of nitrogens with zero attached hydrogens (tertiary/aromatic N) is 4. The fraction of sp³-hybridized carbons (Fsp3) is 0.571. The van der Waals surface area contributed by atoms with Crippen LogP contribution in [0, 0.1) is 0 Å². The summed E-state index contributed by atoms with van der Waals surface area (Å²) in [5.74, 6) is -1.02. The molecular weight excluding hydrogens is 362 g/mol. The summed E-state index contributed by atoms with van der Waals surface area (Å²) >= 11 is 0. The summed E-state index contributed by atoms with van der Waals surface area (Å²) in [5.41, 5.74) is 12.4. The van der Waals surface area contributed by atoms with Crippen molar-refractivity contribution in [1.29, 1.82) is 0 Å². The van der Waals surface area contributed by atoms with Crippen LogP contribution in [0.15, 0.2) is 12.7 Å². The van der Waals surface area contributed by atoms with E-state index in [9.17, 15) is 25.2 Å². The Morgan fingerprint density at radius 3 is 2.67 bits per heavy atom. The van der Waals surface area contributed by atoms with Gasteiger partial charge in [-0.1, -0.05) is 0 Å². The topological polar surface area (TPSA) is 229 Å². The maximum Gasteiger partial charge on any atom is 0.240 e. The molecule has 13 heteroatoms. The third-order valence-electron chi connectivity index (χ3n) is 4.71. The minimum atomic E-state index is -2.52. The number of nitrogen functional groups attached to an aromatic ring is 1. The van der Waals surface area contributed by atoms with Crippen molar-refractivity contribution in [2.45, 2.75) is 42.7 Å². The normalized spacial score (nSPS) is 33.3. The lowest BCUT2D eigenvalue weighted by Crippen LogP contribution is -2.64. The number of hydrogen-bond acceptors (Lipinski definition) is 12. The summed E-state index contributed by atoms with van der Waals surface area (Å²) < 4.78 is 6.56. The Morgan fingerprint density at radius 1 is 1.44 bits per heavy atom. The first-order valence-electron chi connectivity index (χ1n) is 7.99. The van der Waals surface area contributed by atoms with Gasteiger partial charge in [0, 0.05) is 0 Å². The maximum absolute atomic E-state index is 13.2. The zero-order valence-corrected chi connectivity index (χ0v) is 14.3. The highest BCUT2D eigenvalue weighted by atomic mass is 16.6. The van der Waals surface area contributed by atoms with Crippen molar-refractivity contribution in [3.8, 4) is 0 Å². The van der Waals surface area contributed by atoms with Crippen LogP contribution in [0.25, 0.3) is 11.2 Å². The molecule has 6 atom stereocenters. The number of Topliss-reactive ketones (excluding diaryl/α,β-unsaturated/α-hetero) is 1. The minimum absolute atomic E-state index is 0.00428. The molecule has 1 aliphatic rings. The Morgan fingerprint density at radius 2 is 2.11 bits per heavy atom. The van der Waals surface area contributed by atoms with Gasteiger partial charge >= 0.3 is 0 Å². The van der Waals surface area contributed by atoms with Gasteiger partial charge in [0.1, 0.15) is 24.3 Å². The van der Waals surface area contributed by atoms with Gasteiger partial charge in [-0.05, 0) is 6.92 Å². The standard InChI is InChI=1S/C14H21N7O6/c1-5(23)7(15)9(24)14(12(25)13(17,26)6(2-22)27-14)21-4-20-8-10(16)18-3-19-11(8)21/h3-7,12,22-23,25-26H,2,15,17H2,1H3,(H2,16,18,19)/t5-,6-,7+,12-,13-,14-/m1/s1. The highest BCUT2D eigenvalue weighted by Gasteiger charge is 2.67. The van der Waals surface area contributed by atoms with Gasteiger partial charge in [0.15, 0.2) is 23.3 Å². The smallest absolute Gasteiger partial charge is 0.240 e. The van der Waals surface area contributed by atoms with Crippen LogP contribution in [-0.2, 0) is 15.3 Å². The van der Waals surface area contributed by atoms with Crippen LogP contribution in [0.2, 0.25) is 0 Å². The van der Waals surface area contributed by atoms with Gasteiger partial charge < -0.3 is 36.6 Å². The largest absolute Gasteiger partial charge is 0.393 e. The Bertz CT molecular complexity index is 871. The molecule has 3 heterocycles. The predicted octanol–water partition coefficient (Wildman–Crippen LogP) is -4.26. The molecule has 0 saturated carbocycles. The van der Waals surface area contributed by atoms with E-state index in [-0.39, 0.29) is 17.0 Å². The zero-order valence-electron chi connectivity index (χ0n) is 14.3. The number of ether oxygens (including phenoxy) is 1. The van der Waals surface area contributed by atoms with E-state index in [0.29, 0.717) is 0 Å². The average Bonchev–Trinajstić information content (AvgIpc) is 3.14. The van der Waals surface area contributed by atoms with Crippen molar-refractivity contribution in [3.05, 3.63) is 12.7 Å². The summed E-state index contributed by atoms with van der Waals surface area (Å²) in [6.45, 7) is 0.453. The molecule has 0 aliphatic carbocycles. The Kier molecular flexibility index (Phi) is 4.63. The molecule has 2 aromatic rings. The fourth-order valence-electron chi connectivity index (χ4n) is 3.10. The Hall–Kier alpha value is -2.26. The van der Waals surface area contributed by atoms with Crippen molar-refractivity contribution in [2.75, 3.05) is 12.3 Å². The molecule has 1 aliphatic heterocycles. The van der Waals surface area contributed by atoms with Gasteiger partial charge in [-0.3, -0.25) is 15.1 Å². The molecule has 27 heavy (non-hydrogen) atoms. The molecule has 13 nitrogen and oxygen atoms in total. The minimum Gasteiger partial charge on any atom is -0.393 e. The van der Waals surface area contributed by atoms with E-state index < -0.39 is 48.2 Å². The number of nitrogens with two attached hydrogens (primary N) is 3. The second-order valence-corrected chi connectivity index (χ2v) is 6.45. The second-order valence-electron chi connectivity index (χ2n) is 6.45. The van der Waals surface area contributed by atoms with E-state index in [0.717, 1.165) is 17.2 Å². The maximum atomic E-state index is 13.2. The van der Waals surface area contributed by atoms with E-state index in [1.807, 2.05) is 0 Å². The van der Waals surface area contributed by atoms with Gasteiger partial charge in [-0.15, -0.1) is 0 Å². The van der Waals surface area contributed by atoms with Crippen LogP contribution < -0.4 is 17.2 Å². The molecule has 0 unspecified atom stereocenters. The first kappa shape index (κ1) is 19.5. The summed E-state index contributed by atoms with van der Waals surface area (Å²) in [4.78, 5) is 24.9. The molecule has 148 valence electrons. The molecular formula is C14H21N7O6. The van der Waals surface area contributed by atoms with E-state index >= 15 is 0 Å². The highest BCUT2D eigenvalue weighted by Crippen LogP contribution is 2.42. The van der Waals surface area contributed by atoms with Crippen molar-refractivity contribution in [2.24, 2.45) is 11.5 Å². The van der Waals surface area contributed by atoms with Crippen LogP contribution in [-0.4, -0.2) is 82.4 Å². The van der Waals surface area contributed by atoms with Gasteiger partial charge in [0.2, 0.25) is 11.5 Å². The number of aromatic nitrogens is 4. The molecule has 0 spiro atoms. The highest BCUT2D eigenvalue weighted by molar-refractivity contribution is 5.93. The van der Waals surface area contributed by atoms with Gasteiger partial charge in [-0.25, -0.2) is 15.0 Å². The lowest BCUT2D eigenvalue weighted by molar-refractivity contribution is -0.177. The number of carbonyl (C=O) groups is 1. The summed E-state index contributed by atoms with van der Waals surface area (Å²) in [7, 11) is 0. The van der Waals surface area contributed by atoms with E-state index in [4.69, 9.17) is 21.9 Å². The fourth-order valence-corrected chi connectivity index (χ4v) is 3.10.